The molecule has 0 atom stereocenters. The van der Waals surface area contributed by atoms with Crippen LogP contribution >= 0.6 is 0 Å². The first kappa shape index (κ1) is 36.1. The van der Waals surface area contributed by atoms with Crippen molar-refractivity contribution in [1.82, 2.24) is 18.7 Å². The molecule has 0 unspecified atom stereocenters. The maximum Gasteiger partial charge on any atom is 0.188 e. The van der Waals surface area contributed by atoms with Gasteiger partial charge in [-0.15, -0.1) is 22.6 Å². The second kappa shape index (κ2) is 13.0. The Morgan fingerprint density at radius 1 is 0.589 bits per heavy atom. The van der Waals surface area contributed by atoms with E-state index in [1.165, 1.54) is 38.7 Å². The molecule has 3 heterocycles. The predicted molar refractivity (Wildman–Crippen MR) is 226 cm³/mol. The zero-order valence-electron chi connectivity index (χ0n) is 32.5. The summed E-state index contributed by atoms with van der Waals surface area (Å²) in [7, 11) is 0. The summed E-state index contributed by atoms with van der Waals surface area (Å²) in [5.41, 5.74) is 13.0. The summed E-state index contributed by atoms with van der Waals surface area (Å²) in [6.07, 6.45) is 4.18. The summed E-state index contributed by atoms with van der Waals surface area (Å²) >= 11 is 0. The van der Waals surface area contributed by atoms with Gasteiger partial charge in [0.2, 0.25) is 0 Å². The van der Waals surface area contributed by atoms with Crippen LogP contribution in [0, 0.1) is 12.1 Å². The molecule has 9 aromatic rings. The Morgan fingerprint density at radius 3 is 1.91 bits per heavy atom. The van der Waals surface area contributed by atoms with Crippen LogP contribution in [-0.2, 0) is 37.4 Å². The van der Waals surface area contributed by atoms with Gasteiger partial charge >= 0.3 is 0 Å². The standard InChI is InChI=1S/C51H43N4.Pt/c1-49(2,3)34-28-29-52-48(32-34)55-44-23-12-9-20-40(44)41-27-26-36(31-47(41)55)51(42-21-10-7-18-38(42)39-19-8-11-22-43(39)51)35-16-15-17-37(30-35)53-33-54(50(4,5)6)46-25-14-13-24-45(46)53;/h7-29,32-33H,1-6H3;/q-1;. The average molecular weight is 907 g/mol. The van der Waals surface area contributed by atoms with Crippen LogP contribution < -0.4 is 0 Å². The molecule has 0 spiro atoms. The fourth-order valence-electron chi connectivity index (χ4n) is 8.97. The average Bonchev–Trinajstić information content (AvgIpc) is 3.85. The number of rotatable bonds is 4. The second-order valence-corrected chi connectivity index (χ2v) is 16.9. The number of hydrogen-bond donors (Lipinski definition) is 0. The van der Waals surface area contributed by atoms with Gasteiger partial charge in [0.05, 0.1) is 5.54 Å². The number of nitrogens with zero attached hydrogens (tertiary/aromatic N) is 4. The first-order chi connectivity index (χ1) is 26.5. The molecule has 4 nitrogen and oxygen atoms in total. The van der Waals surface area contributed by atoms with E-state index in [1.807, 2.05) is 6.20 Å². The third kappa shape index (κ3) is 5.30. The van der Waals surface area contributed by atoms with Crippen molar-refractivity contribution in [2.75, 3.05) is 0 Å². The molecule has 5 heteroatoms. The van der Waals surface area contributed by atoms with E-state index in [-0.39, 0.29) is 32.0 Å². The quantitative estimate of drug-likeness (QED) is 0.162. The summed E-state index contributed by atoms with van der Waals surface area (Å²) in [5.74, 6) is 0.897. The first-order valence-electron chi connectivity index (χ1n) is 19.2. The van der Waals surface area contributed by atoms with Gasteiger partial charge in [-0.1, -0.05) is 99.1 Å². The Bertz CT molecular complexity index is 2920. The van der Waals surface area contributed by atoms with E-state index in [0.717, 1.165) is 44.6 Å². The number of hydrogen-bond acceptors (Lipinski definition) is 1. The summed E-state index contributed by atoms with van der Waals surface area (Å²) in [4.78, 5) is 4.99. The summed E-state index contributed by atoms with van der Waals surface area (Å²) in [6, 6.07) is 58.9. The third-order valence-corrected chi connectivity index (χ3v) is 11.6. The Morgan fingerprint density at radius 2 is 1.21 bits per heavy atom. The SMILES string of the molecule is CC(C)(C)c1ccnc(-n2c3[c-]c(C4(c5[c-]c(-n6[cH+]n(C(C)(C)C)c7ccccc76)ccc5)c5ccccc5-c5ccccc54)ccc3c3ccccc32)c1.[Pt]. The number of fused-ring (bicyclic) bond motifs is 7. The fourth-order valence-corrected chi connectivity index (χ4v) is 8.97. The Labute approximate surface area is 343 Å². The van der Waals surface area contributed by atoms with Crippen molar-refractivity contribution in [3.05, 3.63) is 192 Å². The van der Waals surface area contributed by atoms with Gasteiger partial charge < -0.3 is 4.57 Å². The topological polar surface area (TPSA) is 27.7 Å². The van der Waals surface area contributed by atoms with Crippen LogP contribution in [0.4, 0.5) is 0 Å². The molecule has 1 aliphatic carbocycles. The fraction of sp³-hybridized carbons (Fsp3) is 0.176. The number of pyridine rings is 1. The van der Waals surface area contributed by atoms with E-state index < -0.39 is 5.41 Å². The molecule has 0 amide bonds. The van der Waals surface area contributed by atoms with Gasteiger partial charge in [-0.2, -0.15) is 30.3 Å². The molecule has 3 aromatic heterocycles. The predicted octanol–water partition coefficient (Wildman–Crippen LogP) is 12.2. The first-order valence-corrected chi connectivity index (χ1v) is 19.2. The van der Waals surface area contributed by atoms with Crippen LogP contribution in [0.1, 0.15) is 69.4 Å². The molecule has 0 aliphatic heterocycles. The van der Waals surface area contributed by atoms with Crippen molar-refractivity contribution in [2.24, 2.45) is 0 Å². The summed E-state index contributed by atoms with van der Waals surface area (Å²) in [6.45, 7) is 13.5. The number of imidazole rings is 1. The van der Waals surface area contributed by atoms with Gasteiger partial charge in [-0.25, -0.2) is 14.1 Å². The number of aromatic nitrogens is 4. The smallest absolute Gasteiger partial charge is 0.188 e. The third-order valence-electron chi connectivity index (χ3n) is 11.6. The molecular formula is C51H43N4Pt-. The van der Waals surface area contributed by atoms with E-state index in [1.54, 1.807) is 0 Å². The molecule has 0 N–H and O–H groups in total. The van der Waals surface area contributed by atoms with Gasteiger partial charge in [0.15, 0.2) is 17.4 Å². The second-order valence-electron chi connectivity index (χ2n) is 16.9. The van der Waals surface area contributed by atoms with Crippen molar-refractivity contribution in [3.63, 3.8) is 0 Å². The van der Waals surface area contributed by atoms with E-state index in [4.69, 9.17) is 4.98 Å². The zero-order valence-corrected chi connectivity index (χ0v) is 34.8. The minimum absolute atomic E-state index is 0. The van der Waals surface area contributed by atoms with Crippen LogP contribution in [0.15, 0.2) is 152 Å². The van der Waals surface area contributed by atoms with Gasteiger partial charge in [-0.05, 0) is 89.7 Å². The van der Waals surface area contributed by atoms with Gasteiger partial charge in [0.1, 0.15) is 5.82 Å². The van der Waals surface area contributed by atoms with E-state index in [0.29, 0.717) is 0 Å². The van der Waals surface area contributed by atoms with Crippen molar-refractivity contribution in [3.8, 4) is 22.6 Å². The monoisotopic (exact) mass is 906 g/mol. The number of para-hydroxylation sites is 3. The molecule has 278 valence electrons. The van der Waals surface area contributed by atoms with Crippen molar-refractivity contribution in [1.29, 1.82) is 0 Å². The zero-order chi connectivity index (χ0) is 37.7. The van der Waals surface area contributed by atoms with Gasteiger partial charge in [0, 0.05) is 56.0 Å². The van der Waals surface area contributed by atoms with Crippen LogP contribution in [-0.4, -0.2) is 18.7 Å². The van der Waals surface area contributed by atoms with Crippen LogP contribution in [0.5, 0.6) is 0 Å². The van der Waals surface area contributed by atoms with Crippen LogP contribution in [0.25, 0.3) is 55.5 Å². The minimum atomic E-state index is -0.692. The normalized spacial score (nSPS) is 13.5. The van der Waals surface area contributed by atoms with E-state index >= 15 is 0 Å². The maximum atomic E-state index is 4.99. The molecule has 0 bridgehead atoms. The maximum absolute atomic E-state index is 4.99. The number of benzene rings is 6. The molecule has 0 saturated carbocycles. The largest absolute Gasteiger partial charge is 0.319 e. The Kier molecular flexibility index (Phi) is 8.38. The molecule has 0 radical (unpaired) electrons. The van der Waals surface area contributed by atoms with Gasteiger partial charge in [-0.3, -0.25) is 0 Å². The summed E-state index contributed by atoms with van der Waals surface area (Å²) in [5, 5.41) is 2.34. The molecule has 0 fully saturated rings. The minimum Gasteiger partial charge on any atom is -0.319 e. The molecule has 0 saturated heterocycles. The van der Waals surface area contributed by atoms with Crippen molar-refractivity contribution < 1.29 is 21.1 Å². The molecular weight excluding hydrogens is 864 g/mol. The molecule has 1 aliphatic rings. The summed E-state index contributed by atoms with van der Waals surface area (Å²) < 4.78 is 6.96. The molecule has 56 heavy (non-hydrogen) atoms. The van der Waals surface area contributed by atoms with Crippen LogP contribution in [0.3, 0.4) is 0 Å². The molecule has 10 rings (SSSR count). The van der Waals surface area contributed by atoms with Crippen molar-refractivity contribution >= 4 is 32.8 Å². The van der Waals surface area contributed by atoms with E-state index in [9.17, 15) is 0 Å². The van der Waals surface area contributed by atoms with Crippen molar-refractivity contribution in [2.45, 2.75) is 57.9 Å². The van der Waals surface area contributed by atoms with Gasteiger partial charge in [0.25, 0.3) is 0 Å². The Hall–Kier alpha value is -5.57. The van der Waals surface area contributed by atoms with E-state index in [2.05, 4.69) is 213 Å². The van der Waals surface area contributed by atoms with Crippen LogP contribution in [0.2, 0.25) is 0 Å². The Balaban J connectivity index is 0.00000410. The molecule has 6 aromatic carbocycles.